The molecule has 3 heteroatoms. The van der Waals surface area contributed by atoms with Crippen molar-refractivity contribution in [2.24, 2.45) is 0 Å². The van der Waals surface area contributed by atoms with Gasteiger partial charge in [-0.3, -0.25) is 4.79 Å². The van der Waals surface area contributed by atoms with E-state index in [2.05, 4.69) is 41.1 Å². The molecule has 15 heavy (non-hydrogen) atoms. The van der Waals surface area contributed by atoms with Crippen molar-refractivity contribution < 1.29 is 4.79 Å². The SMILES string of the molecule is CC(=O)N1c2ccc(CBr)cc2CC1C. The van der Waals surface area contributed by atoms with Crippen molar-refractivity contribution >= 4 is 27.5 Å². The first-order chi connectivity index (χ1) is 7.13. The summed E-state index contributed by atoms with van der Waals surface area (Å²) in [7, 11) is 0. The van der Waals surface area contributed by atoms with E-state index in [1.165, 1.54) is 11.1 Å². The van der Waals surface area contributed by atoms with Crippen molar-refractivity contribution in [3.8, 4) is 0 Å². The quantitative estimate of drug-likeness (QED) is 0.717. The minimum atomic E-state index is 0.132. The van der Waals surface area contributed by atoms with Crippen LogP contribution >= 0.6 is 15.9 Å². The molecule has 80 valence electrons. The largest absolute Gasteiger partial charge is 0.309 e. The fourth-order valence-corrected chi connectivity index (χ4v) is 2.60. The molecule has 0 saturated carbocycles. The second-order valence-corrected chi connectivity index (χ2v) is 4.60. The van der Waals surface area contributed by atoms with Crippen molar-refractivity contribution in [2.45, 2.75) is 31.6 Å². The van der Waals surface area contributed by atoms with Crippen molar-refractivity contribution in [3.05, 3.63) is 29.3 Å². The van der Waals surface area contributed by atoms with Crippen LogP contribution in [0.5, 0.6) is 0 Å². The molecule has 1 aromatic carbocycles. The predicted octanol–water partition coefficient (Wildman–Crippen LogP) is 2.88. The molecule has 0 spiro atoms. The minimum Gasteiger partial charge on any atom is -0.309 e. The Morgan fingerprint density at radius 2 is 2.33 bits per heavy atom. The lowest BCUT2D eigenvalue weighted by atomic mass is 10.1. The summed E-state index contributed by atoms with van der Waals surface area (Å²) in [5.74, 6) is 0.132. The molecule has 1 atom stereocenters. The normalized spacial score (nSPS) is 19.1. The van der Waals surface area contributed by atoms with Gasteiger partial charge in [0, 0.05) is 24.0 Å². The Kier molecular flexibility index (Phi) is 2.83. The molecule has 1 aliphatic rings. The highest BCUT2D eigenvalue weighted by Crippen LogP contribution is 2.33. The molecule has 1 heterocycles. The number of carbonyl (C=O) groups is 1. The molecule has 0 bridgehead atoms. The van der Waals surface area contributed by atoms with Crippen LogP contribution < -0.4 is 4.90 Å². The van der Waals surface area contributed by atoms with Crippen molar-refractivity contribution in [1.82, 2.24) is 0 Å². The van der Waals surface area contributed by atoms with Crippen LogP contribution in [0.3, 0.4) is 0 Å². The number of benzene rings is 1. The second-order valence-electron chi connectivity index (χ2n) is 4.04. The van der Waals surface area contributed by atoms with E-state index in [-0.39, 0.29) is 5.91 Å². The van der Waals surface area contributed by atoms with Crippen LogP contribution in [-0.2, 0) is 16.5 Å². The summed E-state index contributed by atoms with van der Waals surface area (Å²) >= 11 is 3.44. The van der Waals surface area contributed by atoms with Gasteiger partial charge in [0.15, 0.2) is 0 Å². The molecule has 2 rings (SSSR count). The number of amides is 1. The topological polar surface area (TPSA) is 20.3 Å². The summed E-state index contributed by atoms with van der Waals surface area (Å²) in [5, 5.41) is 0.870. The van der Waals surface area contributed by atoms with Gasteiger partial charge in [0.1, 0.15) is 0 Å². The number of fused-ring (bicyclic) bond motifs is 1. The lowest BCUT2D eigenvalue weighted by Crippen LogP contribution is -2.33. The maximum atomic E-state index is 11.5. The first kappa shape index (κ1) is 10.7. The van der Waals surface area contributed by atoms with E-state index in [0.717, 1.165) is 17.4 Å². The van der Waals surface area contributed by atoms with Crippen molar-refractivity contribution in [1.29, 1.82) is 0 Å². The monoisotopic (exact) mass is 267 g/mol. The summed E-state index contributed by atoms with van der Waals surface area (Å²) < 4.78 is 0. The van der Waals surface area contributed by atoms with Gasteiger partial charge in [0.25, 0.3) is 0 Å². The molecule has 0 radical (unpaired) electrons. The third-order valence-electron chi connectivity index (χ3n) is 2.85. The fourth-order valence-electron chi connectivity index (χ4n) is 2.25. The smallest absolute Gasteiger partial charge is 0.224 e. The zero-order valence-electron chi connectivity index (χ0n) is 8.96. The van der Waals surface area contributed by atoms with E-state index in [1.807, 2.05) is 4.90 Å². The Hall–Kier alpha value is -0.830. The molecule has 1 unspecified atom stereocenters. The van der Waals surface area contributed by atoms with E-state index < -0.39 is 0 Å². The van der Waals surface area contributed by atoms with Gasteiger partial charge < -0.3 is 4.90 Å². The lowest BCUT2D eigenvalue weighted by molar-refractivity contribution is -0.116. The number of halogens is 1. The second kappa shape index (κ2) is 3.97. The van der Waals surface area contributed by atoms with Crippen LogP contribution in [0, 0.1) is 0 Å². The molecule has 0 saturated heterocycles. The summed E-state index contributed by atoms with van der Waals surface area (Å²) in [6, 6.07) is 6.60. The molecule has 0 N–H and O–H groups in total. The zero-order chi connectivity index (χ0) is 11.0. The average Bonchev–Trinajstić information content (AvgIpc) is 2.52. The van der Waals surface area contributed by atoms with Gasteiger partial charge in [-0.2, -0.15) is 0 Å². The first-order valence-corrected chi connectivity index (χ1v) is 6.23. The van der Waals surface area contributed by atoms with Gasteiger partial charge in [-0.1, -0.05) is 28.1 Å². The molecule has 2 nitrogen and oxygen atoms in total. The minimum absolute atomic E-state index is 0.132. The van der Waals surface area contributed by atoms with Crippen molar-refractivity contribution in [3.63, 3.8) is 0 Å². The van der Waals surface area contributed by atoms with Crippen molar-refractivity contribution in [2.75, 3.05) is 4.90 Å². The van der Waals surface area contributed by atoms with Crippen LogP contribution in [0.2, 0.25) is 0 Å². The Morgan fingerprint density at radius 1 is 1.60 bits per heavy atom. The number of hydrogen-bond acceptors (Lipinski definition) is 1. The maximum absolute atomic E-state index is 11.5. The van der Waals surface area contributed by atoms with E-state index in [0.29, 0.717) is 6.04 Å². The highest BCUT2D eigenvalue weighted by molar-refractivity contribution is 9.08. The number of rotatable bonds is 1. The zero-order valence-corrected chi connectivity index (χ0v) is 10.5. The fraction of sp³-hybridized carbons (Fsp3) is 0.417. The molecular weight excluding hydrogens is 254 g/mol. The Morgan fingerprint density at radius 3 is 2.93 bits per heavy atom. The summed E-state index contributed by atoms with van der Waals surface area (Å²) in [6.45, 7) is 3.72. The van der Waals surface area contributed by atoms with Gasteiger partial charge in [0.2, 0.25) is 5.91 Å². The predicted molar refractivity (Wildman–Crippen MR) is 65.4 cm³/mol. The molecule has 1 aromatic rings. The van der Waals surface area contributed by atoms with Crippen LogP contribution in [0.1, 0.15) is 25.0 Å². The molecule has 0 aromatic heterocycles. The van der Waals surface area contributed by atoms with Gasteiger partial charge in [-0.05, 0) is 30.5 Å². The van der Waals surface area contributed by atoms with E-state index in [1.54, 1.807) is 6.92 Å². The third-order valence-corrected chi connectivity index (χ3v) is 3.50. The number of anilines is 1. The van der Waals surface area contributed by atoms with Gasteiger partial charge >= 0.3 is 0 Å². The number of alkyl halides is 1. The Balaban J connectivity index is 2.43. The Labute approximate surface area is 98.4 Å². The highest BCUT2D eigenvalue weighted by Gasteiger charge is 2.28. The first-order valence-electron chi connectivity index (χ1n) is 5.11. The number of carbonyl (C=O) groups excluding carboxylic acids is 1. The van der Waals surface area contributed by atoms with E-state index in [9.17, 15) is 4.79 Å². The molecule has 1 aliphatic heterocycles. The van der Waals surface area contributed by atoms with Gasteiger partial charge in [-0.25, -0.2) is 0 Å². The summed E-state index contributed by atoms with van der Waals surface area (Å²) in [4.78, 5) is 13.4. The lowest BCUT2D eigenvalue weighted by Gasteiger charge is -2.20. The Bertz CT molecular complexity index is 403. The summed E-state index contributed by atoms with van der Waals surface area (Å²) in [6.07, 6.45) is 0.968. The molecule has 1 amide bonds. The van der Waals surface area contributed by atoms with E-state index in [4.69, 9.17) is 0 Å². The summed E-state index contributed by atoms with van der Waals surface area (Å²) in [5.41, 5.74) is 3.64. The number of hydrogen-bond donors (Lipinski definition) is 0. The highest BCUT2D eigenvalue weighted by atomic mass is 79.9. The van der Waals surface area contributed by atoms with Crippen LogP contribution in [0.25, 0.3) is 0 Å². The van der Waals surface area contributed by atoms with Gasteiger partial charge in [-0.15, -0.1) is 0 Å². The standard InChI is InChI=1S/C12H14BrNO/c1-8-5-11-6-10(7-13)3-4-12(11)14(8)9(2)15/h3-4,6,8H,5,7H2,1-2H3. The number of nitrogens with zero attached hydrogens (tertiary/aromatic N) is 1. The van der Waals surface area contributed by atoms with Crippen LogP contribution in [0.4, 0.5) is 5.69 Å². The molecule has 0 aliphatic carbocycles. The molecule has 0 fully saturated rings. The van der Waals surface area contributed by atoms with Gasteiger partial charge in [0.05, 0.1) is 0 Å². The van der Waals surface area contributed by atoms with Crippen LogP contribution in [0.15, 0.2) is 18.2 Å². The maximum Gasteiger partial charge on any atom is 0.224 e. The van der Waals surface area contributed by atoms with Crippen LogP contribution in [-0.4, -0.2) is 11.9 Å². The third kappa shape index (κ3) is 1.81. The van der Waals surface area contributed by atoms with E-state index >= 15 is 0 Å². The average molecular weight is 268 g/mol. The molecular formula is C12H14BrNO.